The molecule has 1 aliphatic heterocycles. The van der Waals surface area contributed by atoms with Gasteiger partial charge in [0.05, 0.1) is 29.7 Å². The van der Waals surface area contributed by atoms with E-state index in [2.05, 4.69) is 15.6 Å². The molecule has 2 amide bonds. The number of nitrogens with two attached hydrogens (primary N) is 1. The number of nitrogens with zero attached hydrogens (tertiary/aromatic N) is 2. The van der Waals surface area contributed by atoms with Gasteiger partial charge < -0.3 is 31.5 Å². The molecule has 9 nitrogen and oxygen atoms in total. The Morgan fingerprint density at radius 2 is 1.81 bits per heavy atom. The first-order chi connectivity index (χ1) is 9.95. The van der Waals surface area contributed by atoms with E-state index in [4.69, 9.17) is 15.9 Å². The molecular weight excluding hydrogens is 278 g/mol. The molecule has 6 N–H and O–H groups in total. The molecule has 1 aromatic rings. The number of amides is 2. The van der Waals surface area contributed by atoms with Gasteiger partial charge in [0, 0.05) is 19.3 Å². The number of pyridine rings is 1. The molecule has 0 aliphatic carbocycles. The smallest absolute Gasteiger partial charge is 0.404 e. The Kier molecular flexibility index (Phi) is 4.31. The zero-order valence-electron chi connectivity index (χ0n) is 11.2. The van der Waals surface area contributed by atoms with Crippen molar-refractivity contribution in [2.24, 2.45) is 0 Å². The lowest BCUT2D eigenvalue weighted by Crippen LogP contribution is -2.57. The van der Waals surface area contributed by atoms with Gasteiger partial charge in [-0.2, -0.15) is 0 Å². The van der Waals surface area contributed by atoms with Gasteiger partial charge in [-0.1, -0.05) is 0 Å². The fourth-order valence-electron chi connectivity index (χ4n) is 2.54. The van der Waals surface area contributed by atoms with Crippen molar-refractivity contribution < 1.29 is 19.8 Å². The number of anilines is 2. The number of rotatable bonds is 3. The zero-order chi connectivity index (χ0) is 15.4. The molecule has 0 aromatic carbocycles. The Morgan fingerprint density at radius 1 is 1.24 bits per heavy atom. The first-order valence-electron chi connectivity index (χ1n) is 6.39. The quantitative estimate of drug-likeness (QED) is 0.534. The number of aromatic nitrogens is 1. The van der Waals surface area contributed by atoms with Gasteiger partial charge in [0.1, 0.15) is 0 Å². The highest BCUT2D eigenvalue weighted by Gasteiger charge is 2.30. The summed E-state index contributed by atoms with van der Waals surface area (Å²) in [4.78, 5) is 27.4. The van der Waals surface area contributed by atoms with Gasteiger partial charge >= 0.3 is 12.2 Å². The SMILES string of the molecule is Nc1cnccc1N1CC(NC(=O)O)CC(NC(=O)O)C1. The Morgan fingerprint density at radius 3 is 2.29 bits per heavy atom. The van der Waals surface area contributed by atoms with Crippen LogP contribution >= 0.6 is 0 Å². The number of nitrogens with one attached hydrogen (secondary N) is 2. The van der Waals surface area contributed by atoms with Gasteiger partial charge in [-0.3, -0.25) is 4.98 Å². The van der Waals surface area contributed by atoms with E-state index in [0.29, 0.717) is 30.9 Å². The van der Waals surface area contributed by atoms with Crippen LogP contribution in [-0.4, -0.2) is 52.6 Å². The summed E-state index contributed by atoms with van der Waals surface area (Å²) in [6.45, 7) is 0.830. The number of hydrogen-bond acceptors (Lipinski definition) is 5. The monoisotopic (exact) mass is 295 g/mol. The molecule has 0 spiro atoms. The van der Waals surface area contributed by atoms with Crippen LogP contribution in [0.1, 0.15) is 6.42 Å². The van der Waals surface area contributed by atoms with E-state index in [1.165, 1.54) is 6.20 Å². The summed E-state index contributed by atoms with van der Waals surface area (Å²) < 4.78 is 0. The van der Waals surface area contributed by atoms with Gasteiger partial charge in [0.2, 0.25) is 0 Å². The minimum Gasteiger partial charge on any atom is -0.465 e. The van der Waals surface area contributed by atoms with E-state index in [-0.39, 0.29) is 12.1 Å². The van der Waals surface area contributed by atoms with Crippen LogP contribution in [-0.2, 0) is 0 Å². The minimum atomic E-state index is -1.14. The lowest BCUT2D eigenvalue weighted by molar-refractivity contribution is 0.180. The summed E-state index contributed by atoms with van der Waals surface area (Å²) in [6.07, 6.45) is 1.19. The van der Waals surface area contributed by atoms with E-state index < -0.39 is 12.2 Å². The average molecular weight is 295 g/mol. The third-order valence-electron chi connectivity index (χ3n) is 3.27. The van der Waals surface area contributed by atoms with Crippen LogP contribution in [0.25, 0.3) is 0 Å². The molecule has 2 unspecified atom stereocenters. The third kappa shape index (κ3) is 3.88. The van der Waals surface area contributed by atoms with Crippen molar-refractivity contribution in [3.05, 3.63) is 18.5 Å². The molecular formula is C12H17N5O4. The average Bonchev–Trinajstić information content (AvgIpc) is 2.37. The van der Waals surface area contributed by atoms with E-state index in [1.807, 2.05) is 4.90 Å². The van der Waals surface area contributed by atoms with Crippen molar-refractivity contribution in [3.8, 4) is 0 Å². The molecule has 114 valence electrons. The first-order valence-corrected chi connectivity index (χ1v) is 6.39. The maximum absolute atomic E-state index is 10.8. The molecule has 0 radical (unpaired) electrons. The molecule has 9 heteroatoms. The maximum Gasteiger partial charge on any atom is 0.404 e. The second kappa shape index (κ2) is 6.16. The van der Waals surface area contributed by atoms with Crippen molar-refractivity contribution in [1.82, 2.24) is 15.6 Å². The van der Waals surface area contributed by atoms with Crippen molar-refractivity contribution in [2.75, 3.05) is 23.7 Å². The largest absolute Gasteiger partial charge is 0.465 e. The first kappa shape index (κ1) is 14.7. The van der Waals surface area contributed by atoms with Crippen molar-refractivity contribution in [2.45, 2.75) is 18.5 Å². The Bertz CT molecular complexity index is 514. The van der Waals surface area contributed by atoms with Crippen molar-refractivity contribution in [3.63, 3.8) is 0 Å². The predicted octanol–water partition coefficient (Wildman–Crippen LogP) is 0.146. The summed E-state index contributed by atoms with van der Waals surface area (Å²) in [7, 11) is 0. The fourth-order valence-corrected chi connectivity index (χ4v) is 2.54. The molecule has 1 aromatic heterocycles. The molecule has 2 rings (SSSR count). The fraction of sp³-hybridized carbons (Fsp3) is 0.417. The highest BCUT2D eigenvalue weighted by atomic mass is 16.4. The second-order valence-electron chi connectivity index (χ2n) is 4.87. The van der Waals surface area contributed by atoms with Crippen LogP contribution in [0.15, 0.2) is 18.5 Å². The minimum absolute atomic E-state index is 0.388. The lowest BCUT2D eigenvalue weighted by Gasteiger charge is -2.39. The topological polar surface area (TPSA) is 141 Å². The van der Waals surface area contributed by atoms with E-state index >= 15 is 0 Å². The molecule has 1 fully saturated rings. The number of nitrogen functional groups attached to an aromatic ring is 1. The van der Waals surface area contributed by atoms with E-state index in [0.717, 1.165) is 0 Å². The normalized spacial score (nSPS) is 21.6. The summed E-state index contributed by atoms with van der Waals surface area (Å²) >= 11 is 0. The van der Waals surface area contributed by atoms with Gasteiger partial charge in [0.15, 0.2) is 0 Å². The highest BCUT2D eigenvalue weighted by molar-refractivity contribution is 5.69. The second-order valence-corrected chi connectivity index (χ2v) is 4.87. The number of hydrogen-bond donors (Lipinski definition) is 5. The van der Waals surface area contributed by atoms with E-state index in [9.17, 15) is 9.59 Å². The summed E-state index contributed by atoms with van der Waals surface area (Å²) in [6, 6.07) is 0.942. The Hall–Kier alpha value is -2.71. The van der Waals surface area contributed by atoms with Crippen LogP contribution in [0.4, 0.5) is 21.0 Å². The molecule has 1 aliphatic rings. The van der Waals surface area contributed by atoms with Crippen LogP contribution in [0, 0.1) is 0 Å². The summed E-state index contributed by atoms with van der Waals surface area (Å²) in [5, 5.41) is 22.5. The lowest BCUT2D eigenvalue weighted by atomic mass is 10.00. The van der Waals surface area contributed by atoms with Gasteiger partial charge in [-0.05, 0) is 12.5 Å². The molecule has 0 bridgehead atoms. The Labute approximate surface area is 120 Å². The predicted molar refractivity (Wildman–Crippen MR) is 75.4 cm³/mol. The molecule has 1 saturated heterocycles. The maximum atomic E-state index is 10.8. The summed E-state index contributed by atoms with van der Waals surface area (Å²) in [5.41, 5.74) is 7.04. The highest BCUT2D eigenvalue weighted by Crippen LogP contribution is 2.25. The number of piperidine rings is 1. The molecule has 0 saturated carbocycles. The molecule has 21 heavy (non-hydrogen) atoms. The summed E-state index contributed by atoms with van der Waals surface area (Å²) in [5.74, 6) is 0. The van der Waals surface area contributed by atoms with E-state index in [1.54, 1.807) is 12.3 Å². The van der Waals surface area contributed by atoms with Crippen LogP contribution in [0.5, 0.6) is 0 Å². The number of carboxylic acid groups (broad SMARTS) is 2. The standard InChI is InChI=1S/C12H17N5O4/c13-9-4-14-2-1-10(9)17-5-7(15-11(18)19)3-8(6-17)16-12(20)21/h1-2,4,7-8,15-16H,3,5-6,13H2,(H,18,19)(H,20,21). The van der Waals surface area contributed by atoms with Gasteiger partial charge in [0.25, 0.3) is 0 Å². The van der Waals surface area contributed by atoms with Crippen molar-refractivity contribution in [1.29, 1.82) is 0 Å². The number of carbonyl (C=O) groups is 2. The van der Waals surface area contributed by atoms with Gasteiger partial charge in [-0.25, -0.2) is 9.59 Å². The molecule has 2 heterocycles. The van der Waals surface area contributed by atoms with Crippen LogP contribution in [0.2, 0.25) is 0 Å². The third-order valence-corrected chi connectivity index (χ3v) is 3.27. The van der Waals surface area contributed by atoms with Crippen LogP contribution < -0.4 is 21.3 Å². The van der Waals surface area contributed by atoms with Gasteiger partial charge in [-0.15, -0.1) is 0 Å². The zero-order valence-corrected chi connectivity index (χ0v) is 11.2. The van der Waals surface area contributed by atoms with Crippen LogP contribution in [0.3, 0.4) is 0 Å². The van der Waals surface area contributed by atoms with Crippen molar-refractivity contribution >= 4 is 23.6 Å². The molecule has 2 atom stereocenters. The Balaban J connectivity index is 2.17.